The summed E-state index contributed by atoms with van der Waals surface area (Å²) in [4.78, 5) is 23.8. The molecule has 0 saturated carbocycles. The van der Waals surface area contributed by atoms with Crippen molar-refractivity contribution >= 4 is 49.4 Å². The van der Waals surface area contributed by atoms with Crippen molar-refractivity contribution in [3.63, 3.8) is 0 Å². The number of nitrogens with two attached hydrogens (primary N) is 1. The topological polar surface area (TPSA) is 81.4 Å². The quantitative estimate of drug-likeness (QED) is 0.713. The lowest BCUT2D eigenvalue weighted by Gasteiger charge is -2.18. The zero-order valence-electron chi connectivity index (χ0n) is 12.1. The number of rotatable bonds is 5. The fourth-order valence-electron chi connectivity index (χ4n) is 1.61. The van der Waals surface area contributed by atoms with Gasteiger partial charge in [-0.15, -0.1) is 0 Å². The first-order chi connectivity index (χ1) is 9.64. The smallest absolute Gasteiger partial charge is 0.340 e. The lowest BCUT2D eigenvalue weighted by atomic mass is 10.00. The molecular weight excluding hydrogens is 404 g/mol. The summed E-state index contributed by atoms with van der Waals surface area (Å²) in [5, 5.41) is 2.73. The molecule has 0 radical (unpaired) electrons. The van der Waals surface area contributed by atoms with Gasteiger partial charge in [0.05, 0.1) is 18.4 Å². The Labute approximate surface area is 140 Å². The Morgan fingerprint density at radius 2 is 1.95 bits per heavy atom. The summed E-state index contributed by atoms with van der Waals surface area (Å²) >= 11 is 6.64. The van der Waals surface area contributed by atoms with Crippen molar-refractivity contribution < 1.29 is 14.3 Å². The predicted molar refractivity (Wildman–Crippen MR) is 89.3 cm³/mol. The van der Waals surface area contributed by atoms with Gasteiger partial charge in [-0.1, -0.05) is 15.9 Å². The molecule has 0 aliphatic rings. The summed E-state index contributed by atoms with van der Waals surface area (Å²) in [5.41, 5.74) is 6.11. The molecule has 0 unspecified atom stereocenters. The van der Waals surface area contributed by atoms with Gasteiger partial charge in [-0.2, -0.15) is 0 Å². The van der Waals surface area contributed by atoms with E-state index in [-0.39, 0.29) is 17.9 Å². The van der Waals surface area contributed by atoms with Crippen molar-refractivity contribution in [2.45, 2.75) is 32.2 Å². The van der Waals surface area contributed by atoms with Gasteiger partial charge in [0.2, 0.25) is 5.91 Å². The largest absolute Gasteiger partial charge is 0.465 e. The van der Waals surface area contributed by atoms with E-state index in [1.165, 1.54) is 7.11 Å². The number of anilines is 1. The third kappa shape index (κ3) is 5.76. The highest BCUT2D eigenvalue weighted by Crippen LogP contribution is 2.31. The Hall–Kier alpha value is -0.920. The molecule has 0 aliphatic carbocycles. The highest BCUT2D eigenvalue weighted by Gasteiger charge is 2.19. The average molecular weight is 422 g/mol. The fourth-order valence-corrected chi connectivity index (χ4v) is 2.93. The van der Waals surface area contributed by atoms with E-state index in [1.807, 2.05) is 13.8 Å². The van der Waals surface area contributed by atoms with Crippen LogP contribution in [0.4, 0.5) is 5.69 Å². The molecule has 3 N–H and O–H groups in total. The van der Waals surface area contributed by atoms with Crippen LogP contribution in [0.2, 0.25) is 0 Å². The zero-order chi connectivity index (χ0) is 16.2. The number of carbonyl (C=O) groups excluding carboxylic acids is 2. The van der Waals surface area contributed by atoms with Gasteiger partial charge in [-0.05, 0) is 48.3 Å². The number of methoxy groups -OCH3 is 1. The Morgan fingerprint density at radius 1 is 1.33 bits per heavy atom. The molecule has 1 aromatic carbocycles. The van der Waals surface area contributed by atoms with Crippen molar-refractivity contribution in [2.24, 2.45) is 5.73 Å². The minimum Gasteiger partial charge on any atom is -0.465 e. The van der Waals surface area contributed by atoms with Crippen molar-refractivity contribution in [2.75, 3.05) is 12.4 Å². The van der Waals surface area contributed by atoms with Crippen LogP contribution in [-0.4, -0.2) is 24.5 Å². The number of carbonyl (C=O) groups is 2. The number of nitrogens with one attached hydrogen (secondary N) is 1. The number of benzene rings is 1. The van der Waals surface area contributed by atoms with E-state index < -0.39 is 11.5 Å². The average Bonchev–Trinajstić information content (AvgIpc) is 2.37. The van der Waals surface area contributed by atoms with Crippen LogP contribution in [0.1, 0.15) is 37.0 Å². The van der Waals surface area contributed by atoms with Gasteiger partial charge >= 0.3 is 5.97 Å². The van der Waals surface area contributed by atoms with Crippen LogP contribution >= 0.6 is 31.9 Å². The lowest BCUT2D eigenvalue weighted by molar-refractivity contribution is -0.116. The first-order valence-electron chi connectivity index (χ1n) is 6.30. The van der Waals surface area contributed by atoms with Crippen LogP contribution in [0.5, 0.6) is 0 Å². The number of esters is 1. The molecular formula is C14H18Br2N2O3. The normalized spacial score (nSPS) is 11.1. The van der Waals surface area contributed by atoms with Gasteiger partial charge in [-0.25, -0.2) is 4.79 Å². The number of ether oxygens (including phenoxy) is 1. The van der Waals surface area contributed by atoms with Crippen LogP contribution in [0.15, 0.2) is 21.1 Å². The van der Waals surface area contributed by atoms with E-state index in [0.29, 0.717) is 21.1 Å². The maximum Gasteiger partial charge on any atom is 0.340 e. The molecule has 1 amide bonds. The summed E-state index contributed by atoms with van der Waals surface area (Å²) in [5.74, 6) is -0.729. The van der Waals surface area contributed by atoms with Crippen LogP contribution in [0, 0.1) is 0 Å². The van der Waals surface area contributed by atoms with E-state index in [4.69, 9.17) is 10.5 Å². The van der Waals surface area contributed by atoms with Crippen molar-refractivity contribution in [3.8, 4) is 0 Å². The maximum atomic E-state index is 12.0. The summed E-state index contributed by atoms with van der Waals surface area (Å²) in [7, 11) is 1.29. The van der Waals surface area contributed by atoms with Gasteiger partial charge in [0.25, 0.3) is 0 Å². The molecule has 0 bridgehead atoms. The van der Waals surface area contributed by atoms with Crippen molar-refractivity contribution in [1.82, 2.24) is 0 Å². The van der Waals surface area contributed by atoms with Gasteiger partial charge in [0, 0.05) is 20.9 Å². The molecule has 0 spiro atoms. The van der Waals surface area contributed by atoms with E-state index >= 15 is 0 Å². The molecule has 0 saturated heterocycles. The van der Waals surface area contributed by atoms with E-state index in [1.54, 1.807) is 12.1 Å². The van der Waals surface area contributed by atoms with Crippen molar-refractivity contribution in [1.29, 1.82) is 0 Å². The molecule has 21 heavy (non-hydrogen) atoms. The zero-order valence-corrected chi connectivity index (χ0v) is 15.3. The number of hydrogen-bond acceptors (Lipinski definition) is 4. The van der Waals surface area contributed by atoms with Crippen LogP contribution in [-0.2, 0) is 9.53 Å². The number of amides is 1. The first-order valence-corrected chi connectivity index (χ1v) is 7.89. The highest BCUT2D eigenvalue weighted by atomic mass is 79.9. The summed E-state index contributed by atoms with van der Waals surface area (Å²) in [6.45, 7) is 3.71. The van der Waals surface area contributed by atoms with Crippen LogP contribution in [0.25, 0.3) is 0 Å². The second-order valence-corrected chi connectivity index (χ2v) is 7.11. The second kappa shape index (κ2) is 7.38. The van der Waals surface area contributed by atoms with Gasteiger partial charge in [-0.3, -0.25) is 4.79 Å². The predicted octanol–water partition coefficient (Wildman–Crippen LogP) is 3.45. The summed E-state index contributed by atoms with van der Waals surface area (Å²) in [6, 6.07) is 3.34. The SMILES string of the molecule is COC(=O)c1cc(Br)cc(Br)c1NC(=O)CCC(C)(C)N. The van der Waals surface area contributed by atoms with E-state index in [2.05, 4.69) is 37.2 Å². The monoisotopic (exact) mass is 420 g/mol. The number of halogens is 2. The summed E-state index contributed by atoms with van der Waals surface area (Å²) in [6.07, 6.45) is 0.813. The molecule has 1 aromatic rings. The van der Waals surface area contributed by atoms with E-state index in [9.17, 15) is 9.59 Å². The van der Waals surface area contributed by atoms with Gasteiger partial charge < -0.3 is 15.8 Å². The van der Waals surface area contributed by atoms with Gasteiger partial charge in [0.1, 0.15) is 0 Å². The third-order valence-electron chi connectivity index (χ3n) is 2.72. The molecule has 5 nitrogen and oxygen atoms in total. The maximum absolute atomic E-state index is 12.0. The molecule has 0 atom stereocenters. The Balaban J connectivity index is 2.97. The highest BCUT2D eigenvalue weighted by molar-refractivity contribution is 9.11. The van der Waals surface area contributed by atoms with Crippen LogP contribution in [0.3, 0.4) is 0 Å². The Morgan fingerprint density at radius 3 is 2.48 bits per heavy atom. The summed E-state index contributed by atoms with van der Waals surface area (Å²) < 4.78 is 6.03. The molecule has 1 rings (SSSR count). The minimum atomic E-state index is -0.522. The molecule has 0 fully saturated rings. The molecule has 116 valence electrons. The molecule has 7 heteroatoms. The Kier molecular flexibility index (Phi) is 6.37. The van der Waals surface area contributed by atoms with Crippen LogP contribution < -0.4 is 11.1 Å². The Bertz CT molecular complexity index is 554. The first kappa shape index (κ1) is 18.1. The standard InChI is InChI=1S/C14H18Br2N2O3/c1-14(2,17)5-4-11(19)18-12-9(13(20)21-3)6-8(15)7-10(12)16/h6-7H,4-5,17H2,1-3H3,(H,18,19). The second-order valence-electron chi connectivity index (χ2n) is 5.34. The minimum absolute atomic E-state index is 0.207. The third-order valence-corrected chi connectivity index (χ3v) is 3.80. The van der Waals surface area contributed by atoms with Gasteiger partial charge in [0.15, 0.2) is 0 Å². The molecule has 0 aromatic heterocycles. The lowest BCUT2D eigenvalue weighted by Crippen LogP contribution is -2.33. The van der Waals surface area contributed by atoms with E-state index in [0.717, 1.165) is 0 Å². The molecule has 0 aliphatic heterocycles. The number of hydrogen-bond donors (Lipinski definition) is 2. The fraction of sp³-hybridized carbons (Fsp3) is 0.429. The molecule has 0 heterocycles. The van der Waals surface area contributed by atoms with Crippen molar-refractivity contribution in [3.05, 3.63) is 26.6 Å².